The molecule has 0 aliphatic carbocycles. The van der Waals surface area contributed by atoms with E-state index in [1.165, 1.54) is 0 Å². The standard InChI is InChI=1S/C10H24N2O2/c1-8(6-7-13-4)9(12-11)10(2,3)14-5/h8-9,12H,6-7,11H2,1-5H3. The highest BCUT2D eigenvalue weighted by Crippen LogP contribution is 2.22. The van der Waals surface area contributed by atoms with Crippen LogP contribution in [0, 0.1) is 5.92 Å². The maximum absolute atomic E-state index is 5.54. The van der Waals surface area contributed by atoms with Crippen LogP contribution in [-0.4, -0.2) is 32.5 Å². The summed E-state index contributed by atoms with van der Waals surface area (Å²) in [5.41, 5.74) is 2.56. The lowest BCUT2D eigenvalue weighted by molar-refractivity contribution is -0.0290. The fourth-order valence-electron chi connectivity index (χ4n) is 1.65. The molecule has 0 saturated heterocycles. The van der Waals surface area contributed by atoms with Crippen LogP contribution in [0.1, 0.15) is 27.2 Å². The number of nitrogens with two attached hydrogens (primary N) is 1. The van der Waals surface area contributed by atoms with E-state index in [9.17, 15) is 0 Å². The second-order valence-electron chi connectivity index (χ2n) is 4.21. The second-order valence-corrected chi connectivity index (χ2v) is 4.21. The lowest BCUT2D eigenvalue weighted by Gasteiger charge is -2.36. The lowest BCUT2D eigenvalue weighted by Crippen LogP contribution is -2.54. The third-order valence-corrected chi connectivity index (χ3v) is 2.80. The van der Waals surface area contributed by atoms with Crippen molar-refractivity contribution >= 4 is 0 Å². The molecule has 0 aliphatic heterocycles. The van der Waals surface area contributed by atoms with Crippen LogP contribution in [0.25, 0.3) is 0 Å². The van der Waals surface area contributed by atoms with Crippen molar-refractivity contribution in [3.05, 3.63) is 0 Å². The van der Waals surface area contributed by atoms with Crippen LogP contribution in [0.2, 0.25) is 0 Å². The van der Waals surface area contributed by atoms with Gasteiger partial charge < -0.3 is 9.47 Å². The van der Waals surface area contributed by atoms with Crippen LogP contribution >= 0.6 is 0 Å². The van der Waals surface area contributed by atoms with E-state index in [2.05, 4.69) is 12.3 Å². The highest BCUT2D eigenvalue weighted by Gasteiger charge is 2.32. The number of nitrogens with one attached hydrogen (secondary N) is 1. The van der Waals surface area contributed by atoms with Crippen molar-refractivity contribution in [2.45, 2.75) is 38.8 Å². The normalized spacial score (nSPS) is 16.7. The summed E-state index contributed by atoms with van der Waals surface area (Å²) in [6, 6.07) is 0.127. The lowest BCUT2D eigenvalue weighted by atomic mass is 9.86. The molecule has 0 bridgehead atoms. The van der Waals surface area contributed by atoms with Crippen molar-refractivity contribution in [3.8, 4) is 0 Å². The molecule has 2 atom stereocenters. The minimum absolute atomic E-state index is 0.127. The molecule has 0 heterocycles. The van der Waals surface area contributed by atoms with Gasteiger partial charge in [-0.05, 0) is 26.2 Å². The van der Waals surface area contributed by atoms with Crippen LogP contribution in [-0.2, 0) is 9.47 Å². The first-order valence-corrected chi connectivity index (χ1v) is 4.99. The number of ether oxygens (including phenoxy) is 2. The third-order valence-electron chi connectivity index (χ3n) is 2.80. The largest absolute Gasteiger partial charge is 0.385 e. The Balaban J connectivity index is 4.24. The summed E-state index contributed by atoms with van der Waals surface area (Å²) in [7, 11) is 3.41. The molecule has 4 heteroatoms. The first-order valence-electron chi connectivity index (χ1n) is 4.99. The van der Waals surface area contributed by atoms with E-state index < -0.39 is 0 Å². The third kappa shape index (κ3) is 3.92. The SMILES string of the molecule is COCCC(C)C(NN)C(C)(C)OC. The summed E-state index contributed by atoms with van der Waals surface area (Å²) in [6.07, 6.45) is 0.970. The molecule has 0 amide bonds. The molecule has 4 nitrogen and oxygen atoms in total. The molecular weight excluding hydrogens is 180 g/mol. The fourth-order valence-corrected chi connectivity index (χ4v) is 1.65. The molecule has 0 rings (SSSR count). The van der Waals surface area contributed by atoms with Crippen molar-refractivity contribution in [1.29, 1.82) is 0 Å². The Morgan fingerprint density at radius 3 is 2.29 bits per heavy atom. The van der Waals surface area contributed by atoms with Gasteiger partial charge in [-0.1, -0.05) is 6.92 Å². The smallest absolute Gasteiger partial charge is 0.0791 e. The van der Waals surface area contributed by atoms with Gasteiger partial charge in [-0.15, -0.1) is 0 Å². The molecule has 86 valence electrons. The Morgan fingerprint density at radius 2 is 1.93 bits per heavy atom. The van der Waals surface area contributed by atoms with Gasteiger partial charge in [-0.25, -0.2) is 0 Å². The molecule has 0 aromatic heterocycles. The highest BCUT2D eigenvalue weighted by atomic mass is 16.5. The van der Waals surface area contributed by atoms with Crippen LogP contribution in [0.5, 0.6) is 0 Å². The summed E-state index contributed by atoms with van der Waals surface area (Å²) in [5, 5.41) is 0. The van der Waals surface area contributed by atoms with Gasteiger partial charge in [0.2, 0.25) is 0 Å². The number of hydrogen-bond donors (Lipinski definition) is 2. The average Bonchev–Trinajstić information content (AvgIpc) is 2.15. The summed E-state index contributed by atoms with van der Waals surface area (Å²) >= 11 is 0. The van der Waals surface area contributed by atoms with E-state index in [0.29, 0.717) is 5.92 Å². The molecule has 0 saturated carbocycles. The fraction of sp³-hybridized carbons (Fsp3) is 1.00. The van der Waals surface area contributed by atoms with Crippen LogP contribution in [0.15, 0.2) is 0 Å². The molecular formula is C10H24N2O2. The number of hydrogen-bond acceptors (Lipinski definition) is 4. The summed E-state index contributed by atoms with van der Waals surface area (Å²) in [5.74, 6) is 5.95. The topological polar surface area (TPSA) is 56.5 Å². The van der Waals surface area contributed by atoms with E-state index >= 15 is 0 Å². The first-order chi connectivity index (χ1) is 6.49. The maximum Gasteiger partial charge on any atom is 0.0791 e. The van der Waals surface area contributed by atoms with Crippen LogP contribution in [0.4, 0.5) is 0 Å². The van der Waals surface area contributed by atoms with Crippen molar-refractivity contribution in [1.82, 2.24) is 5.43 Å². The van der Waals surface area contributed by atoms with Crippen molar-refractivity contribution in [2.75, 3.05) is 20.8 Å². The predicted molar refractivity (Wildman–Crippen MR) is 57.9 cm³/mol. The zero-order valence-electron chi connectivity index (χ0n) is 9.96. The minimum atomic E-state index is -0.262. The summed E-state index contributed by atoms with van der Waals surface area (Å²) in [4.78, 5) is 0. The zero-order valence-corrected chi connectivity index (χ0v) is 9.96. The molecule has 0 fully saturated rings. The monoisotopic (exact) mass is 204 g/mol. The molecule has 0 aromatic rings. The summed E-state index contributed by atoms with van der Waals surface area (Å²) in [6.45, 7) is 6.95. The van der Waals surface area contributed by atoms with Crippen molar-refractivity contribution in [3.63, 3.8) is 0 Å². The van der Waals surface area contributed by atoms with Gasteiger partial charge in [0.25, 0.3) is 0 Å². The van der Waals surface area contributed by atoms with E-state index in [1.54, 1.807) is 14.2 Å². The minimum Gasteiger partial charge on any atom is -0.385 e. The molecule has 0 radical (unpaired) electrons. The molecule has 14 heavy (non-hydrogen) atoms. The number of hydrazine groups is 1. The first kappa shape index (κ1) is 13.8. The Bertz CT molecular complexity index is 151. The van der Waals surface area contributed by atoms with Gasteiger partial charge in [0.1, 0.15) is 0 Å². The van der Waals surface area contributed by atoms with Gasteiger partial charge in [0.15, 0.2) is 0 Å². The maximum atomic E-state index is 5.54. The Kier molecular flexibility index (Phi) is 6.27. The summed E-state index contributed by atoms with van der Waals surface area (Å²) < 4.78 is 10.5. The number of methoxy groups -OCH3 is 2. The van der Waals surface area contributed by atoms with Crippen LogP contribution in [0.3, 0.4) is 0 Å². The Hall–Kier alpha value is -0.160. The quantitative estimate of drug-likeness (QED) is 0.478. The second kappa shape index (κ2) is 6.35. The van der Waals surface area contributed by atoms with E-state index in [0.717, 1.165) is 13.0 Å². The van der Waals surface area contributed by atoms with Crippen molar-refractivity contribution in [2.24, 2.45) is 11.8 Å². The average molecular weight is 204 g/mol. The van der Waals surface area contributed by atoms with Gasteiger partial charge in [0, 0.05) is 20.8 Å². The molecule has 0 aromatic carbocycles. The van der Waals surface area contributed by atoms with E-state index in [4.69, 9.17) is 15.3 Å². The Morgan fingerprint density at radius 1 is 1.36 bits per heavy atom. The molecule has 3 N–H and O–H groups in total. The van der Waals surface area contributed by atoms with Gasteiger partial charge in [-0.3, -0.25) is 11.3 Å². The number of rotatable bonds is 7. The van der Waals surface area contributed by atoms with E-state index in [1.807, 2.05) is 13.8 Å². The van der Waals surface area contributed by atoms with E-state index in [-0.39, 0.29) is 11.6 Å². The van der Waals surface area contributed by atoms with Crippen LogP contribution < -0.4 is 11.3 Å². The molecule has 2 unspecified atom stereocenters. The van der Waals surface area contributed by atoms with Crippen molar-refractivity contribution < 1.29 is 9.47 Å². The van der Waals surface area contributed by atoms with Gasteiger partial charge in [0.05, 0.1) is 11.6 Å². The Labute approximate surface area is 87.1 Å². The molecule has 0 spiro atoms. The van der Waals surface area contributed by atoms with Gasteiger partial charge in [-0.2, -0.15) is 0 Å². The highest BCUT2D eigenvalue weighted by molar-refractivity contribution is 4.87. The molecule has 0 aliphatic rings. The van der Waals surface area contributed by atoms with Gasteiger partial charge >= 0.3 is 0 Å². The predicted octanol–water partition coefficient (Wildman–Crippen LogP) is 0.916. The zero-order chi connectivity index (χ0) is 11.2.